The van der Waals surface area contributed by atoms with Crippen LogP contribution >= 0.6 is 11.6 Å². The molecule has 124 valence electrons. The maximum atomic E-state index is 6.08. The Morgan fingerprint density at radius 3 is 2.18 bits per heavy atom. The molecule has 0 N–H and O–H groups in total. The van der Waals surface area contributed by atoms with E-state index in [2.05, 4.69) is 23.6 Å². The van der Waals surface area contributed by atoms with E-state index >= 15 is 0 Å². The van der Waals surface area contributed by atoms with Crippen molar-refractivity contribution in [2.24, 2.45) is 0 Å². The van der Waals surface area contributed by atoms with E-state index in [9.17, 15) is 0 Å². The molecule has 1 aromatic rings. The van der Waals surface area contributed by atoms with E-state index in [1.54, 1.807) is 0 Å². The van der Waals surface area contributed by atoms with Crippen molar-refractivity contribution in [3.63, 3.8) is 0 Å². The lowest BCUT2D eigenvalue weighted by atomic mass is 10.3. The highest BCUT2D eigenvalue weighted by molar-refractivity contribution is 6.32. The highest BCUT2D eigenvalue weighted by Crippen LogP contribution is 2.22. The standard InChI is InChI=1S/C17H27ClN2O2/c1-15(2)21-13-11-19-7-9-20(10-8-19)12-14-22-17-6-4-3-5-16(17)18/h3-6,15H,7-14H2,1-2H3. The third-order valence-corrected chi connectivity index (χ3v) is 4.14. The van der Waals surface area contributed by atoms with Crippen molar-refractivity contribution in [1.82, 2.24) is 9.80 Å². The molecule has 2 rings (SSSR count). The molecule has 22 heavy (non-hydrogen) atoms. The summed E-state index contributed by atoms with van der Waals surface area (Å²) in [5, 5.41) is 0.678. The highest BCUT2D eigenvalue weighted by Gasteiger charge is 2.16. The van der Waals surface area contributed by atoms with Gasteiger partial charge in [-0.25, -0.2) is 0 Å². The Balaban J connectivity index is 1.58. The van der Waals surface area contributed by atoms with Crippen molar-refractivity contribution in [3.8, 4) is 5.75 Å². The molecule has 1 heterocycles. The smallest absolute Gasteiger partial charge is 0.137 e. The van der Waals surface area contributed by atoms with E-state index in [1.807, 2.05) is 24.3 Å². The number of piperazine rings is 1. The molecule has 0 atom stereocenters. The number of hydrogen-bond donors (Lipinski definition) is 0. The van der Waals surface area contributed by atoms with Crippen LogP contribution in [-0.2, 0) is 4.74 Å². The molecule has 0 amide bonds. The molecule has 1 saturated heterocycles. The second-order valence-electron chi connectivity index (χ2n) is 5.88. The van der Waals surface area contributed by atoms with Crippen LogP contribution in [0.25, 0.3) is 0 Å². The van der Waals surface area contributed by atoms with Gasteiger partial charge in [0.25, 0.3) is 0 Å². The molecule has 0 spiro atoms. The molecule has 1 fully saturated rings. The normalized spacial score (nSPS) is 17.1. The molecule has 0 saturated carbocycles. The van der Waals surface area contributed by atoms with E-state index in [-0.39, 0.29) is 0 Å². The van der Waals surface area contributed by atoms with Gasteiger partial charge >= 0.3 is 0 Å². The van der Waals surface area contributed by atoms with Crippen LogP contribution in [0.15, 0.2) is 24.3 Å². The Hall–Kier alpha value is -0.810. The van der Waals surface area contributed by atoms with Gasteiger partial charge in [-0.15, -0.1) is 0 Å². The fourth-order valence-electron chi connectivity index (χ4n) is 2.50. The predicted molar refractivity (Wildman–Crippen MR) is 90.9 cm³/mol. The topological polar surface area (TPSA) is 24.9 Å². The number of para-hydroxylation sites is 1. The third-order valence-electron chi connectivity index (χ3n) is 3.83. The lowest BCUT2D eigenvalue weighted by Crippen LogP contribution is -2.48. The van der Waals surface area contributed by atoms with Gasteiger partial charge in [0, 0.05) is 39.3 Å². The van der Waals surface area contributed by atoms with Gasteiger partial charge < -0.3 is 9.47 Å². The van der Waals surface area contributed by atoms with Crippen molar-refractivity contribution in [2.75, 3.05) is 52.5 Å². The summed E-state index contributed by atoms with van der Waals surface area (Å²) in [7, 11) is 0. The molecule has 0 aliphatic carbocycles. The molecule has 0 aromatic heterocycles. The van der Waals surface area contributed by atoms with Gasteiger partial charge in [0.1, 0.15) is 12.4 Å². The molecule has 1 aliphatic rings. The van der Waals surface area contributed by atoms with Gasteiger partial charge in [-0.05, 0) is 26.0 Å². The van der Waals surface area contributed by atoms with Crippen LogP contribution in [0.3, 0.4) is 0 Å². The molecular weight excluding hydrogens is 300 g/mol. The van der Waals surface area contributed by atoms with Gasteiger partial charge in [-0.2, -0.15) is 0 Å². The fraction of sp³-hybridized carbons (Fsp3) is 0.647. The molecule has 0 radical (unpaired) electrons. The minimum absolute atomic E-state index is 0.322. The Kier molecular flexibility index (Phi) is 7.46. The van der Waals surface area contributed by atoms with Crippen LogP contribution in [0.1, 0.15) is 13.8 Å². The minimum Gasteiger partial charge on any atom is -0.491 e. The lowest BCUT2D eigenvalue weighted by Gasteiger charge is -2.34. The second-order valence-corrected chi connectivity index (χ2v) is 6.29. The van der Waals surface area contributed by atoms with E-state index in [1.165, 1.54) is 0 Å². The zero-order valence-electron chi connectivity index (χ0n) is 13.6. The molecule has 0 unspecified atom stereocenters. The molecule has 1 aromatic carbocycles. The fourth-order valence-corrected chi connectivity index (χ4v) is 2.69. The van der Waals surface area contributed by atoms with Gasteiger partial charge in [-0.3, -0.25) is 9.80 Å². The van der Waals surface area contributed by atoms with Gasteiger partial charge in [-0.1, -0.05) is 23.7 Å². The summed E-state index contributed by atoms with van der Waals surface area (Å²) in [5.41, 5.74) is 0. The SMILES string of the molecule is CC(C)OCCN1CCN(CCOc2ccccc2Cl)CC1. The van der Waals surface area contributed by atoms with Gasteiger partial charge in [0.15, 0.2) is 0 Å². The predicted octanol–water partition coefficient (Wildman–Crippen LogP) is 2.76. The monoisotopic (exact) mass is 326 g/mol. The summed E-state index contributed by atoms with van der Waals surface area (Å²) < 4.78 is 11.4. The summed E-state index contributed by atoms with van der Waals surface area (Å²) in [6, 6.07) is 7.63. The average molecular weight is 327 g/mol. The number of halogens is 1. The van der Waals surface area contributed by atoms with Gasteiger partial charge in [0.05, 0.1) is 17.7 Å². The van der Waals surface area contributed by atoms with E-state index < -0.39 is 0 Å². The summed E-state index contributed by atoms with van der Waals surface area (Å²) >= 11 is 6.08. The number of rotatable bonds is 8. The average Bonchev–Trinajstić information content (AvgIpc) is 2.50. The number of nitrogens with zero attached hydrogens (tertiary/aromatic N) is 2. The lowest BCUT2D eigenvalue weighted by molar-refractivity contribution is 0.0430. The molecule has 4 nitrogen and oxygen atoms in total. The third kappa shape index (κ3) is 6.13. The first-order valence-corrected chi connectivity index (χ1v) is 8.46. The zero-order valence-corrected chi connectivity index (χ0v) is 14.4. The second kappa shape index (κ2) is 9.36. The van der Waals surface area contributed by atoms with Crippen LogP contribution in [0, 0.1) is 0 Å². The number of ether oxygens (including phenoxy) is 2. The summed E-state index contributed by atoms with van der Waals surface area (Å²) in [6.07, 6.45) is 0.322. The van der Waals surface area contributed by atoms with Crippen molar-refractivity contribution in [1.29, 1.82) is 0 Å². The quantitative estimate of drug-likeness (QED) is 0.733. The largest absolute Gasteiger partial charge is 0.491 e. The highest BCUT2D eigenvalue weighted by atomic mass is 35.5. The Morgan fingerprint density at radius 1 is 1.00 bits per heavy atom. The first-order valence-electron chi connectivity index (χ1n) is 8.09. The number of benzene rings is 1. The molecule has 1 aliphatic heterocycles. The minimum atomic E-state index is 0.322. The summed E-state index contributed by atoms with van der Waals surface area (Å²) in [4.78, 5) is 4.91. The first kappa shape index (κ1) is 17.5. The van der Waals surface area contributed by atoms with Gasteiger partial charge in [0.2, 0.25) is 0 Å². The zero-order chi connectivity index (χ0) is 15.8. The van der Waals surface area contributed by atoms with Crippen molar-refractivity contribution in [3.05, 3.63) is 29.3 Å². The van der Waals surface area contributed by atoms with Crippen LogP contribution in [-0.4, -0.2) is 68.4 Å². The van der Waals surface area contributed by atoms with Crippen LogP contribution in [0.4, 0.5) is 0 Å². The molecule has 5 heteroatoms. The Labute approximate surface area is 138 Å². The first-order chi connectivity index (χ1) is 10.6. The maximum Gasteiger partial charge on any atom is 0.137 e. The van der Waals surface area contributed by atoms with Crippen molar-refractivity contribution < 1.29 is 9.47 Å². The number of hydrogen-bond acceptors (Lipinski definition) is 4. The van der Waals surface area contributed by atoms with Crippen LogP contribution in [0.5, 0.6) is 5.75 Å². The van der Waals surface area contributed by atoms with E-state index in [0.717, 1.165) is 51.6 Å². The van der Waals surface area contributed by atoms with E-state index in [4.69, 9.17) is 21.1 Å². The Morgan fingerprint density at radius 2 is 1.59 bits per heavy atom. The van der Waals surface area contributed by atoms with Crippen molar-refractivity contribution >= 4 is 11.6 Å². The Bertz CT molecular complexity index is 434. The van der Waals surface area contributed by atoms with Crippen LogP contribution in [0.2, 0.25) is 5.02 Å². The summed E-state index contributed by atoms with van der Waals surface area (Å²) in [5.74, 6) is 0.772. The van der Waals surface area contributed by atoms with Crippen LogP contribution < -0.4 is 4.74 Å². The molecular formula is C17H27ClN2O2. The van der Waals surface area contributed by atoms with E-state index in [0.29, 0.717) is 17.7 Å². The van der Waals surface area contributed by atoms with Crippen molar-refractivity contribution in [2.45, 2.75) is 20.0 Å². The maximum absolute atomic E-state index is 6.08. The summed E-state index contributed by atoms with van der Waals surface area (Å²) in [6.45, 7) is 12.0. The molecule has 0 bridgehead atoms.